The summed E-state index contributed by atoms with van der Waals surface area (Å²) in [6.45, 7) is 0. The van der Waals surface area contributed by atoms with E-state index < -0.39 is 5.41 Å². The van der Waals surface area contributed by atoms with E-state index in [0.717, 1.165) is 0 Å². The van der Waals surface area contributed by atoms with Gasteiger partial charge in [0.15, 0.2) is 0 Å². The standard InChI is InChI=1S/C10H6Cl2N2O/c11-8-1-6(4-14-9(8)12)10(5-13)2-7(15)3-10/h1,4H,2-3H2. The van der Waals surface area contributed by atoms with Crippen molar-refractivity contribution >= 4 is 29.0 Å². The van der Waals surface area contributed by atoms with E-state index in [2.05, 4.69) is 11.1 Å². The molecule has 1 fully saturated rings. The fourth-order valence-electron chi connectivity index (χ4n) is 1.65. The number of aromatic nitrogens is 1. The van der Waals surface area contributed by atoms with Crippen molar-refractivity contribution in [1.82, 2.24) is 4.98 Å². The Morgan fingerprint density at radius 3 is 2.60 bits per heavy atom. The summed E-state index contributed by atoms with van der Waals surface area (Å²) in [5, 5.41) is 9.58. The van der Waals surface area contributed by atoms with Gasteiger partial charge < -0.3 is 0 Å². The first-order valence-corrected chi connectivity index (χ1v) is 5.07. The van der Waals surface area contributed by atoms with Crippen molar-refractivity contribution < 1.29 is 4.79 Å². The summed E-state index contributed by atoms with van der Waals surface area (Å²) in [5.41, 5.74) is -0.0720. The molecular weight excluding hydrogens is 235 g/mol. The summed E-state index contributed by atoms with van der Waals surface area (Å²) in [7, 11) is 0. The van der Waals surface area contributed by atoms with E-state index in [1.807, 2.05) is 0 Å². The molecule has 0 unspecified atom stereocenters. The molecule has 1 aromatic heterocycles. The number of halogens is 2. The molecule has 1 aliphatic rings. The van der Waals surface area contributed by atoms with Crippen LogP contribution in [0.4, 0.5) is 0 Å². The first-order valence-electron chi connectivity index (χ1n) is 4.32. The fraction of sp³-hybridized carbons (Fsp3) is 0.300. The predicted molar refractivity (Wildman–Crippen MR) is 55.8 cm³/mol. The first-order chi connectivity index (χ1) is 7.07. The Balaban J connectivity index is 2.42. The lowest BCUT2D eigenvalue weighted by Gasteiger charge is -2.33. The number of ketones is 1. The average Bonchev–Trinajstić information content (AvgIpc) is 2.17. The van der Waals surface area contributed by atoms with Crippen LogP contribution in [0.15, 0.2) is 12.3 Å². The van der Waals surface area contributed by atoms with E-state index in [-0.39, 0.29) is 23.8 Å². The molecule has 0 amide bonds. The molecule has 76 valence electrons. The summed E-state index contributed by atoms with van der Waals surface area (Å²) in [6.07, 6.45) is 1.98. The van der Waals surface area contributed by atoms with Crippen LogP contribution >= 0.6 is 23.2 Å². The highest BCUT2D eigenvalue weighted by atomic mass is 35.5. The quantitative estimate of drug-likeness (QED) is 0.710. The molecule has 0 radical (unpaired) electrons. The van der Waals surface area contributed by atoms with Crippen LogP contribution in [0.2, 0.25) is 10.2 Å². The molecule has 1 heterocycles. The summed E-state index contributed by atoms with van der Waals surface area (Å²) in [4.78, 5) is 14.8. The molecule has 1 aliphatic carbocycles. The van der Waals surface area contributed by atoms with Gasteiger partial charge in [0.2, 0.25) is 0 Å². The van der Waals surface area contributed by atoms with Gasteiger partial charge in [-0.3, -0.25) is 4.79 Å². The zero-order chi connectivity index (χ0) is 11.1. The minimum absolute atomic E-state index is 0.0858. The summed E-state index contributed by atoms with van der Waals surface area (Å²) >= 11 is 11.5. The van der Waals surface area contributed by atoms with Crippen LogP contribution in [0.5, 0.6) is 0 Å². The monoisotopic (exact) mass is 240 g/mol. The van der Waals surface area contributed by atoms with Crippen LogP contribution in [-0.2, 0) is 10.2 Å². The van der Waals surface area contributed by atoms with Crippen molar-refractivity contribution in [3.05, 3.63) is 28.0 Å². The smallest absolute Gasteiger partial charge is 0.147 e. The first kappa shape index (κ1) is 10.4. The Morgan fingerprint density at radius 2 is 2.13 bits per heavy atom. The molecule has 0 spiro atoms. The summed E-state index contributed by atoms with van der Waals surface area (Å²) < 4.78 is 0. The van der Waals surface area contributed by atoms with Crippen molar-refractivity contribution in [3.63, 3.8) is 0 Å². The molecule has 15 heavy (non-hydrogen) atoms. The molecule has 0 N–H and O–H groups in total. The van der Waals surface area contributed by atoms with Crippen molar-refractivity contribution in [1.29, 1.82) is 5.26 Å². The van der Waals surface area contributed by atoms with Gasteiger partial charge in [0.1, 0.15) is 10.9 Å². The zero-order valence-electron chi connectivity index (χ0n) is 7.63. The predicted octanol–water partition coefficient (Wildman–Crippen LogP) is 2.51. The van der Waals surface area contributed by atoms with E-state index in [0.29, 0.717) is 10.6 Å². The van der Waals surface area contributed by atoms with Crippen LogP contribution in [0.3, 0.4) is 0 Å². The van der Waals surface area contributed by atoms with Gasteiger partial charge in [-0.05, 0) is 11.6 Å². The highest BCUT2D eigenvalue weighted by molar-refractivity contribution is 6.41. The highest BCUT2D eigenvalue weighted by Gasteiger charge is 2.45. The highest BCUT2D eigenvalue weighted by Crippen LogP contribution is 2.41. The van der Waals surface area contributed by atoms with Gasteiger partial charge >= 0.3 is 0 Å². The minimum Gasteiger partial charge on any atom is -0.300 e. The Morgan fingerprint density at radius 1 is 1.47 bits per heavy atom. The second-order valence-corrected chi connectivity index (χ2v) is 4.35. The van der Waals surface area contributed by atoms with E-state index in [4.69, 9.17) is 28.5 Å². The van der Waals surface area contributed by atoms with Gasteiger partial charge in [-0.25, -0.2) is 4.98 Å². The van der Waals surface area contributed by atoms with Crippen molar-refractivity contribution in [2.24, 2.45) is 0 Å². The number of nitriles is 1. The molecule has 3 nitrogen and oxygen atoms in total. The number of carbonyl (C=O) groups is 1. The third kappa shape index (κ3) is 1.60. The molecule has 0 aromatic carbocycles. The lowest BCUT2D eigenvalue weighted by molar-refractivity contribution is -0.126. The topological polar surface area (TPSA) is 53.8 Å². The maximum atomic E-state index is 11.0. The molecule has 0 saturated heterocycles. The molecule has 2 rings (SSSR count). The zero-order valence-corrected chi connectivity index (χ0v) is 9.14. The Labute approximate surface area is 96.6 Å². The van der Waals surface area contributed by atoms with Crippen molar-refractivity contribution in [2.75, 3.05) is 0 Å². The number of hydrogen-bond acceptors (Lipinski definition) is 3. The molecular formula is C10H6Cl2N2O. The molecule has 0 atom stereocenters. The van der Waals surface area contributed by atoms with E-state index in [1.54, 1.807) is 6.07 Å². The Kier molecular flexibility index (Phi) is 2.41. The van der Waals surface area contributed by atoms with Gasteiger partial charge in [0, 0.05) is 19.0 Å². The maximum Gasteiger partial charge on any atom is 0.147 e. The van der Waals surface area contributed by atoms with Crippen LogP contribution in [-0.4, -0.2) is 10.8 Å². The number of rotatable bonds is 1. The molecule has 0 aliphatic heterocycles. The van der Waals surface area contributed by atoms with E-state index >= 15 is 0 Å². The fourth-order valence-corrected chi connectivity index (χ4v) is 1.92. The second-order valence-electron chi connectivity index (χ2n) is 3.58. The van der Waals surface area contributed by atoms with Gasteiger partial charge in [-0.2, -0.15) is 5.26 Å². The van der Waals surface area contributed by atoms with Crippen molar-refractivity contribution in [2.45, 2.75) is 18.3 Å². The normalized spacial score (nSPS) is 18.1. The Bertz CT molecular complexity index is 471. The third-order valence-corrected chi connectivity index (χ3v) is 3.25. The lowest BCUT2D eigenvalue weighted by Crippen LogP contribution is -2.40. The SMILES string of the molecule is N#CC1(c2cnc(Cl)c(Cl)c2)CC(=O)C1. The second kappa shape index (κ2) is 3.48. The van der Waals surface area contributed by atoms with Gasteiger partial charge in [-0.1, -0.05) is 23.2 Å². The van der Waals surface area contributed by atoms with E-state index in [1.165, 1.54) is 6.20 Å². The van der Waals surface area contributed by atoms with Crippen LogP contribution in [0, 0.1) is 11.3 Å². The average molecular weight is 241 g/mol. The number of pyridine rings is 1. The van der Waals surface area contributed by atoms with Crippen LogP contribution in [0.25, 0.3) is 0 Å². The van der Waals surface area contributed by atoms with Gasteiger partial charge in [-0.15, -0.1) is 0 Å². The summed E-state index contributed by atoms with van der Waals surface area (Å²) in [6, 6.07) is 3.75. The third-order valence-electron chi connectivity index (χ3n) is 2.56. The molecule has 0 bridgehead atoms. The Hall–Kier alpha value is -1.11. The summed E-state index contributed by atoms with van der Waals surface area (Å²) in [5.74, 6) is 0.0858. The van der Waals surface area contributed by atoms with Crippen LogP contribution < -0.4 is 0 Å². The van der Waals surface area contributed by atoms with Gasteiger partial charge in [0.25, 0.3) is 0 Å². The lowest BCUT2D eigenvalue weighted by atomic mass is 9.65. The van der Waals surface area contributed by atoms with Crippen molar-refractivity contribution in [3.8, 4) is 6.07 Å². The number of hydrogen-bond donors (Lipinski definition) is 0. The van der Waals surface area contributed by atoms with Gasteiger partial charge in [0.05, 0.1) is 16.5 Å². The molecule has 5 heteroatoms. The molecule has 1 saturated carbocycles. The minimum atomic E-state index is -0.738. The van der Waals surface area contributed by atoms with E-state index in [9.17, 15) is 4.79 Å². The maximum absolute atomic E-state index is 11.0. The molecule has 1 aromatic rings. The largest absolute Gasteiger partial charge is 0.300 e. The number of nitrogens with zero attached hydrogens (tertiary/aromatic N) is 2. The van der Waals surface area contributed by atoms with Crippen LogP contribution in [0.1, 0.15) is 18.4 Å². The number of carbonyl (C=O) groups excluding carboxylic acids is 1. The number of Topliss-reactive ketones (excluding diaryl/α,β-unsaturated/α-hetero) is 1.